The van der Waals surface area contributed by atoms with Crippen LogP contribution in [0.3, 0.4) is 0 Å². The molecule has 3 rings (SSSR count). The van der Waals surface area contributed by atoms with E-state index < -0.39 is 0 Å². The Morgan fingerprint density at radius 1 is 1.20 bits per heavy atom. The number of aromatic nitrogens is 4. The van der Waals surface area contributed by atoms with Gasteiger partial charge in [0, 0.05) is 16.7 Å². The molecule has 2 N–H and O–H groups in total. The summed E-state index contributed by atoms with van der Waals surface area (Å²) < 4.78 is 1.84. The van der Waals surface area contributed by atoms with Crippen molar-refractivity contribution in [3.05, 3.63) is 29.6 Å². The molecule has 5 nitrogen and oxygen atoms in total. The Balaban J connectivity index is 2.19. The highest BCUT2D eigenvalue weighted by Crippen LogP contribution is 2.32. The molecule has 0 radical (unpaired) electrons. The molecule has 0 unspecified atom stereocenters. The van der Waals surface area contributed by atoms with E-state index in [0.29, 0.717) is 0 Å². The predicted octanol–water partition coefficient (Wildman–Crippen LogP) is 3.04. The van der Waals surface area contributed by atoms with Crippen LogP contribution in [0.15, 0.2) is 18.2 Å². The first-order valence-electron chi connectivity index (χ1n) is 6.46. The quantitative estimate of drug-likeness (QED) is 0.698. The molecule has 0 aliphatic carbocycles. The molecule has 2 heterocycles. The minimum atomic E-state index is -0.0878. The number of nitrogens with zero attached hydrogens (tertiary/aromatic N) is 4. The molecule has 0 aliphatic rings. The lowest BCUT2D eigenvalue weighted by molar-refractivity contribution is 0.528. The van der Waals surface area contributed by atoms with Crippen LogP contribution in [-0.4, -0.2) is 19.8 Å². The number of fused-ring (bicyclic) bond motifs is 1. The average molecular weight is 287 g/mol. The van der Waals surface area contributed by atoms with Crippen LogP contribution in [0.5, 0.6) is 0 Å². The average Bonchev–Trinajstić information content (AvgIpc) is 2.90. The Hall–Kier alpha value is -1.95. The minimum Gasteiger partial charge on any atom is -0.398 e. The first-order valence-corrected chi connectivity index (χ1v) is 7.28. The van der Waals surface area contributed by atoms with Crippen molar-refractivity contribution < 1.29 is 0 Å². The minimum absolute atomic E-state index is 0.0878. The number of anilines is 1. The molecular weight excluding hydrogens is 270 g/mol. The summed E-state index contributed by atoms with van der Waals surface area (Å²) in [6, 6.07) is 5.89. The number of hydrogen-bond acceptors (Lipinski definition) is 5. The number of nitrogens with two attached hydrogens (primary N) is 1. The molecule has 104 valence electrons. The van der Waals surface area contributed by atoms with Crippen LogP contribution in [0.25, 0.3) is 15.5 Å². The number of nitrogen functional groups attached to an aromatic ring is 1. The SMILES string of the molecule is Cc1c(N)cccc1-c1nn2c(C(C)(C)C)nnc2s1. The monoisotopic (exact) mass is 287 g/mol. The summed E-state index contributed by atoms with van der Waals surface area (Å²) >= 11 is 1.53. The molecule has 0 saturated heterocycles. The molecule has 2 aromatic heterocycles. The Labute approximate surface area is 121 Å². The Morgan fingerprint density at radius 2 is 1.95 bits per heavy atom. The fraction of sp³-hybridized carbons (Fsp3) is 0.357. The van der Waals surface area contributed by atoms with Gasteiger partial charge >= 0.3 is 0 Å². The van der Waals surface area contributed by atoms with Crippen molar-refractivity contribution in [3.63, 3.8) is 0 Å². The third-order valence-electron chi connectivity index (χ3n) is 3.27. The lowest BCUT2D eigenvalue weighted by Gasteiger charge is -2.13. The molecule has 0 amide bonds. The summed E-state index contributed by atoms with van der Waals surface area (Å²) in [6.45, 7) is 8.33. The van der Waals surface area contributed by atoms with Gasteiger partial charge in [-0.2, -0.15) is 9.61 Å². The zero-order valence-electron chi connectivity index (χ0n) is 12.0. The van der Waals surface area contributed by atoms with E-state index >= 15 is 0 Å². The smallest absolute Gasteiger partial charge is 0.235 e. The molecule has 1 aromatic carbocycles. The van der Waals surface area contributed by atoms with Crippen molar-refractivity contribution in [3.8, 4) is 10.6 Å². The van der Waals surface area contributed by atoms with E-state index in [1.165, 1.54) is 11.3 Å². The van der Waals surface area contributed by atoms with Gasteiger partial charge in [-0.05, 0) is 18.6 Å². The van der Waals surface area contributed by atoms with Gasteiger partial charge in [0.2, 0.25) is 4.96 Å². The Kier molecular flexibility index (Phi) is 2.79. The summed E-state index contributed by atoms with van der Waals surface area (Å²) in [7, 11) is 0. The molecule has 0 aliphatic heterocycles. The summed E-state index contributed by atoms with van der Waals surface area (Å²) in [4.78, 5) is 0.812. The standard InChI is InChI=1S/C14H17N5S/c1-8-9(6-5-7-10(8)15)11-18-19-12(14(2,3)4)16-17-13(19)20-11/h5-7H,15H2,1-4H3. The van der Waals surface area contributed by atoms with Gasteiger partial charge in [0.15, 0.2) is 5.82 Å². The van der Waals surface area contributed by atoms with Gasteiger partial charge in [-0.3, -0.25) is 0 Å². The zero-order valence-corrected chi connectivity index (χ0v) is 12.8. The fourth-order valence-corrected chi connectivity index (χ4v) is 3.00. The van der Waals surface area contributed by atoms with Crippen molar-refractivity contribution in [1.82, 2.24) is 19.8 Å². The maximum Gasteiger partial charge on any atom is 0.235 e. The maximum absolute atomic E-state index is 5.97. The molecule has 0 fully saturated rings. The number of benzene rings is 1. The second kappa shape index (κ2) is 4.28. The van der Waals surface area contributed by atoms with Gasteiger partial charge in [0.25, 0.3) is 0 Å². The third kappa shape index (κ3) is 1.96. The lowest BCUT2D eigenvalue weighted by Crippen LogP contribution is -2.16. The molecular formula is C14H17N5S. The van der Waals surface area contributed by atoms with Crippen molar-refractivity contribution in [1.29, 1.82) is 0 Å². The lowest BCUT2D eigenvalue weighted by atomic mass is 9.96. The van der Waals surface area contributed by atoms with E-state index in [-0.39, 0.29) is 5.41 Å². The van der Waals surface area contributed by atoms with Gasteiger partial charge in [-0.1, -0.05) is 44.2 Å². The predicted molar refractivity (Wildman–Crippen MR) is 81.9 cm³/mol. The van der Waals surface area contributed by atoms with Gasteiger partial charge in [0.1, 0.15) is 5.01 Å². The van der Waals surface area contributed by atoms with Crippen LogP contribution in [0, 0.1) is 6.92 Å². The fourth-order valence-electron chi connectivity index (χ4n) is 2.08. The topological polar surface area (TPSA) is 69.1 Å². The highest BCUT2D eigenvalue weighted by Gasteiger charge is 2.23. The normalized spacial score (nSPS) is 12.2. The third-order valence-corrected chi connectivity index (χ3v) is 4.20. The summed E-state index contributed by atoms with van der Waals surface area (Å²) in [6.07, 6.45) is 0. The van der Waals surface area contributed by atoms with E-state index in [9.17, 15) is 0 Å². The van der Waals surface area contributed by atoms with E-state index in [2.05, 4.69) is 36.1 Å². The molecule has 20 heavy (non-hydrogen) atoms. The second-order valence-electron chi connectivity index (χ2n) is 5.89. The highest BCUT2D eigenvalue weighted by molar-refractivity contribution is 7.19. The van der Waals surface area contributed by atoms with Crippen molar-refractivity contribution >= 4 is 22.0 Å². The van der Waals surface area contributed by atoms with Gasteiger partial charge < -0.3 is 5.73 Å². The van der Waals surface area contributed by atoms with Gasteiger partial charge in [-0.25, -0.2) is 0 Å². The van der Waals surface area contributed by atoms with Crippen molar-refractivity contribution in [2.24, 2.45) is 0 Å². The van der Waals surface area contributed by atoms with Crippen LogP contribution in [0.1, 0.15) is 32.2 Å². The van der Waals surface area contributed by atoms with Crippen LogP contribution in [-0.2, 0) is 5.41 Å². The zero-order chi connectivity index (χ0) is 14.5. The molecule has 0 bridgehead atoms. The van der Waals surface area contributed by atoms with Crippen molar-refractivity contribution in [2.75, 3.05) is 5.73 Å². The summed E-state index contributed by atoms with van der Waals surface area (Å²) in [5.74, 6) is 0.872. The van der Waals surface area contributed by atoms with E-state index in [4.69, 9.17) is 5.73 Å². The van der Waals surface area contributed by atoms with Crippen LogP contribution >= 0.6 is 11.3 Å². The Morgan fingerprint density at radius 3 is 2.65 bits per heavy atom. The highest BCUT2D eigenvalue weighted by atomic mass is 32.1. The number of rotatable bonds is 1. The van der Waals surface area contributed by atoms with E-state index in [1.807, 2.05) is 29.6 Å². The van der Waals surface area contributed by atoms with Crippen LogP contribution < -0.4 is 5.73 Å². The molecule has 0 saturated carbocycles. The Bertz CT molecular complexity index is 779. The van der Waals surface area contributed by atoms with Crippen LogP contribution in [0.2, 0.25) is 0 Å². The summed E-state index contributed by atoms with van der Waals surface area (Å²) in [5.41, 5.74) is 8.77. The first kappa shape index (κ1) is 13.1. The van der Waals surface area contributed by atoms with Gasteiger partial charge in [0.05, 0.1) is 0 Å². The number of hydrogen-bond donors (Lipinski definition) is 1. The van der Waals surface area contributed by atoms with Gasteiger partial charge in [-0.15, -0.1) is 10.2 Å². The molecule has 0 atom stereocenters. The molecule has 3 aromatic rings. The first-order chi connectivity index (χ1) is 9.38. The maximum atomic E-state index is 5.97. The van der Waals surface area contributed by atoms with E-state index in [1.54, 1.807) is 0 Å². The van der Waals surface area contributed by atoms with Crippen molar-refractivity contribution in [2.45, 2.75) is 33.1 Å². The molecule has 0 spiro atoms. The molecule has 6 heteroatoms. The van der Waals surface area contributed by atoms with Crippen LogP contribution in [0.4, 0.5) is 5.69 Å². The summed E-state index contributed by atoms with van der Waals surface area (Å²) in [5, 5.41) is 14.0. The van der Waals surface area contributed by atoms with E-state index in [0.717, 1.165) is 32.6 Å². The second-order valence-corrected chi connectivity index (χ2v) is 6.85. The largest absolute Gasteiger partial charge is 0.398 e.